The van der Waals surface area contributed by atoms with Crippen molar-refractivity contribution in [2.24, 2.45) is 0 Å². The highest BCUT2D eigenvalue weighted by molar-refractivity contribution is 7.18. The molecular formula is C17H21N3O2S. The molecule has 2 aromatic rings. The molecule has 1 saturated heterocycles. The first-order valence-corrected chi connectivity index (χ1v) is 9.23. The number of nitrogens with zero attached hydrogens (tertiary/aromatic N) is 3. The summed E-state index contributed by atoms with van der Waals surface area (Å²) >= 11 is 1.74. The summed E-state index contributed by atoms with van der Waals surface area (Å²) in [6.45, 7) is 3.03. The molecule has 1 fully saturated rings. The van der Waals surface area contributed by atoms with Gasteiger partial charge < -0.3 is 9.64 Å². The van der Waals surface area contributed by atoms with Crippen molar-refractivity contribution in [2.75, 3.05) is 13.2 Å². The van der Waals surface area contributed by atoms with Crippen molar-refractivity contribution in [3.8, 4) is 5.88 Å². The lowest BCUT2D eigenvalue weighted by atomic mass is 10.0. The normalized spacial score (nSPS) is 20.7. The van der Waals surface area contributed by atoms with Crippen LogP contribution >= 0.6 is 11.3 Å². The third kappa shape index (κ3) is 2.69. The standard InChI is InChI=1S/C17H21N3O2S/c1-11-5-2-3-8-20(11)14(21)9-22-16-15-12-6-4-7-13(12)23-17(15)19-10-18-16/h10-11H,2-9H2,1H3. The quantitative estimate of drug-likeness (QED) is 0.868. The van der Waals surface area contributed by atoms with Crippen molar-refractivity contribution in [3.05, 3.63) is 16.8 Å². The number of aromatic nitrogens is 2. The van der Waals surface area contributed by atoms with E-state index in [1.54, 1.807) is 11.3 Å². The zero-order valence-corrected chi connectivity index (χ0v) is 14.2. The van der Waals surface area contributed by atoms with Crippen molar-refractivity contribution in [2.45, 2.75) is 51.5 Å². The largest absolute Gasteiger partial charge is 0.467 e. The maximum atomic E-state index is 12.5. The monoisotopic (exact) mass is 331 g/mol. The van der Waals surface area contributed by atoms with Crippen molar-refractivity contribution in [1.82, 2.24) is 14.9 Å². The Morgan fingerprint density at radius 3 is 3.13 bits per heavy atom. The summed E-state index contributed by atoms with van der Waals surface area (Å²) in [6.07, 6.45) is 8.30. The summed E-state index contributed by atoms with van der Waals surface area (Å²) in [5.74, 6) is 0.642. The first kappa shape index (κ1) is 14.9. The predicted octanol–water partition coefficient (Wildman–Crippen LogP) is 2.96. The number of carbonyl (C=O) groups excluding carboxylic acids is 1. The average Bonchev–Trinajstić information content (AvgIpc) is 3.13. The maximum Gasteiger partial charge on any atom is 0.260 e. The Morgan fingerprint density at radius 1 is 1.35 bits per heavy atom. The number of likely N-dealkylation sites (tertiary alicyclic amines) is 1. The van der Waals surface area contributed by atoms with Gasteiger partial charge in [0.2, 0.25) is 5.88 Å². The molecule has 1 amide bonds. The van der Waals surface area contributed by atoms with Gasteiger partial charge in [-0.1, -0.05) is 0 Å². The summed E-state index contributed by atoms with van der Waals surface area (Å²) in [6, 6.07) is 0.315. The molecule has 0 spiro atoms. The van der Waals surface area contributed by atoms with E-state index in [4.69, 9.17) is 4.74 Å². The van der Waals surface area contributed by atoms with Crippen LogP contribution in [0.25, 0.3) is 10.2 Å². The van der Waals surface area contributed by atoms with Gasteiger partial charge in [-0.15, -0.1) is 11.3 Å². The molecule has 1 atom stereocenters. The molecule has 2 aromatic heterocycles. The van der Waals surface area contributed by atoms with Gasteiger partial charge in [0.25, 0.3) is 5.91 Å². The molecule has 122 valence electrons. The molecule has 3 heterocycles. The SMILES string of the molecule is CC1CCCCN1C(=O)COc1ncnc2sc3c(c12)CCC3. The van der Waals surface area contributed by atoms with Crippen molar-refractivity contribution < 1.29 is 9.53 Å². The van der Waals surface area contributed by atoms with Crippen LogP contribution in [0, 0.1) is 0 Å². The molecule has 1 unspecified atom stereocenters. The summed E-state index contributed by atoms with van der Waals surface area (Å²) in [4.78, 5) is 25.4. The minimum atomic E-state index is 0.0656. The van der Waals surface area contributed by atoms with E-state index in [-0.39, 0.29) is 12.5 Å². The lowest BCUT2D eigenvalue weighted by Gasteiger charge is -2.33. The molecule has 1 aliphatic heterocycles. The highest BCUT2D eigenvalue weighted by Gasteiger charge is 2.25. The number of thiophene rings is 1. The van der Waals surface area contributed by atoms with Crippen LogP contribution in [0.1, 0.15) is 43.0 Å². The number of hydrogen-bond donors (Lipinski definition) is 0. The fourth-order valence-corrected chi connectivity index (χ4v) is 4.91. The molecule has 4 rings (SSSR count). The second-order valence-corrected chi connectivity index (χ2v) is 7.52. The predicted molar refractivity (Wildman–Crippen MR) is 90.0 cm³/mol. The Morgan fingerprint density at radius 2 is 2.26 bits per heavy atom. The van der Waals surface area contributed by atoms with Crippen LogP contribution in [0.4, 0.5) is 0 Å². The van der Waals surface area contributed by atoms with Gasteiger partial charge in [-0.05, 0) is 51.0 Å². The Kier molecular flexibility index (Phi) is 3.93. The molecular weight excluding hydrogens is 310 g/mol. The van der Waals surface area contributed by atoms with Crippen molar-refractivity contribution in [3.63, 3.8) is 0 Å². The summed E-state index contributed by atoms with van der Waals surface area (Å²) < 4.78 is 5.83. The first-order chi connectivity index (χ1) is 11.2. The van der Waals surface area contributed by atoms with E-state index >= 15 is 0 Å². The van der Waals surface area contributed by atoms with Crippen LogP contribution in [-0.4, -0.2) is 40.0 Å². The lowest BCUT2D eigenvalue weighted by molar-refractivity contribution is -0.136. The summed E-state index contributed by atoms with van der Waals surface area (Å²) in [5.41, 5.74) is 1.33. The molecule has 0 N–H and O–H groups in total. The van der Waals surface area contributed by atoms with E-state index in [2.05, 4.69) is 16.9 Å². The van der Waals surface area contributed by atoms with Crippen LogP contribution in [-0.2, 0) is 17.6 Å². The third-order valence-corrected chi connectivity index (χ3v) is 6.12. The molecule has 0 bridgehead atoms. The van der Waals surface area contributed by atoms with Crippen molar-refractivity contribution >= 4 is 27.5 Å². The number of ether oxygens (including phenoxy) is 1. The minimum absolute atomic E-state index is 0.0656. The van der Waals surface area contributed by atoms with Crippen LogP contribution in [0.2, 0.25) is 0 Å². The van der Waals surface area contributed by atoms with E-state index in [1.807, 2.05) is 4.90 Å². The number of fused-ring (bicyclic) bond motifs is 3. The zero-order chi connectivity index (χ0) is 15.8. The van der Waals surface area contributed by atoms with E-state index < -0.39 is 0 Å². The summed E-state index contributed by atoms with van der Waals surface area (Å²) in [5, 5.41) is 1.03. The maximum absolute atomic E-state index is 12.5. The van der Waals surface area contributed by atoms with Crippen molar-refractivity contribution in [1.29, 1.82) is 0 Å². The van der Waals surface area contributed by atoms with Gasteiger partial charge in [0.05, 0.1) is 5.39 Å². The van der Waals surface area contributed by atoms with E-state index in [1.165, 1.54) is 29.6 Å². The van der Waals surface area contributed by atoms with Crippen LogP contribution in [0.15, 0.2) is 6.33 Å². The lowest BCUT2D eigenvalue weighted by Crippen LogP contribution is -2.44. The van der Waals surface area contributed by atoms with Gasteiger partial charge in [-0.2, -0.15) is 0 Å². The Labute approximate surface area is 139 Å². The smallest absolute Gasteiger partial charge is 0.260 e. The zero-order valence-electron chi connectivity index (χ0n) is 13.4. The van der Waals surface area contributed by atoms with E-state index in [0.717, 1.165) is 42.4 Å². The fourth-order valence-electron chi connectivity index (χ4n) is 3.69. The van der Waals surface area contributed by atoms with Gasteiger partial charge in [0, 0.05) is 17.5 Å². The molecule has 0 radical (unpaired) electrons. The number of aryl methyl sites for hydroxylation is 2. The van der Waals surface area contributed by atoms with Crippen LogP contribution < -0.4 is 4.74 Å². The van der Waals surface area contributed by atoms with Gasteiger partial charge >= 0.3 is 0 Å². The number of carbonyl (C=O) groups is 1. The second kappa shape index (κ2) is 6.07. The molecule has 1 aliphatic carbocycles. The van der Waals surface area contributed by atoms with Crippen LogP contribution in [0.5, 0.6) is 5.88 Å². The Bertz CT molecular complexity index is 743. The van der Waals surface area contributed by atoms with Gasteiger partial charge in [0.15, 0.2) is 6.61 Å². The first-order valence-electron chi connectivity index (χ1n) is 8.41. The summed E-state index contributed by atoms with van der Waals surface area (Å²) in [7, 11) is 0. The fraction of sp³-hybridized carbons (Fsp3) is 0.588. The average molecular weight is 331 g/mol. The molecule has 5 nitrogen and oxygen atoms in total. The molecule has 0 aromatic carbocycles. The number of rotatable bonds is 3. The number of hydrogen-bond acceptors (Lipinski definition) is 5. The van der Waals surface area contributed by atoms with Gasteiger partial charge in [-0.3, -0.25) is 4.79 Å². The Hall–Kier alpha value is -1.69. The molecule has 0 saturated carbocycles. The molecule has 6 heteroatoms. The Balaban J connectivity index is 1.53. The highest BCUT2D eigenvalue weighted by atomic mass is 32.1. The topological polar surface area (TPSA) is 55.3 Å². The third-order valence-electron chi connectivity index (χ3n) is 4.92. The van der Waals surface area contributed by atoms with Crippen LogP contribution in [0.3, 0.4) is 0 Å². The number of amides is 1. The highest BCUT2D eigenvalue weighted by Crippen LogP contribution is 2.39. The molecule has 2 aliphatic rings. The number of piperidine rings is 1. The minimum Gasteiger partial charge on any atom is -0.467 e. The second-order valence-electron chi connectivity index (χ2n) is 6.44. The van der Waals surface area contributed by atoms with Gasteiger partial charge in [0.1, 0.15) is 11.2 Å². The molecule has 23 heavy (non-hydrogen) atoms. The van der Waals surface area contributed by atoms with E-state index in [0.29, 0.717) is 11.9 Å². The van der Waals surface area contributed by atoms with E-state index in [9.17, 15) is 4.79 Å². The van der Waals surface area contributed by atoms with Gasteiger partial charge in [-0.25, -0.2) is 9.97 Å².